The maximum absolute atomic E-state index is 16.2. The standard InChI is InChI=1S/C48H50ClF2N7O6/c1-26-39-37(24-34(50)42(49)41(39)40-33(44(52)60)15-16-36(63-3)43(40)51)64-48(26,30-7-5-4-6-8-30)25-53-31-12-9-28(10-13-31)46(61)57-20-17-27(18-21-57)29-11-14-32-35(23-29)56(2)55-45(32)58-22-19-38(59)54-47(58)62/h4-8,11,14-16,23-24,26-28,31,53H,9-10,12-13,17-22,25H2,1-3H3,(H2,52,60)(H,54,59,62). The van der Waals surface area contributed by atoms with E-state index >= 15 is 8.78 Å². The van der Waals surface area contributed by atoms with Gasteiger partial charge in [0.05, 0.1) is 23.2 Å². The first-order valence-electron chi connectivity index (χ1n) is 21.8. The number of ether oxygens (including phenoxy) is 2. The molecule has 2 saturated heterocycles. The van der Waals surface area contributed by atoms with E-state index in [0.29, 0.717) is 31.0 Å². The van der Waals surface area contributed by atoms with Gasteiger partial charge in [-0.3, -0.25) is 29.3 Å². The largest absolute Gasteiger partial charge is 0.494 e. The number of rotatable bonds is 10. The van der Waals surface area contributed by atoms with E-state index in [1.165, 1.54) is 35.8 Å². The summed E-state index contributed by atoms with van der Waals surface area (Å²) >= 11 is 6.69. The molecule has 3 fully saturated rings. The van der Waals surface area contributed by atoms with Crippen molar-refractivity contribution >= 4 is 52.1 Å². The number of anilines is 1. The Hall–Kier alpha value is -6.06. The molecule has 64 heavy (non-hydrogen) atoms. The number of aryl methyl sites for hydroxylation is 1. The summed E-state index contributed by atoms with van der Waals surface area (Å²) in [6, 6.07) is 19.2. The molecular formula is C48H50ClF2N7O6. The number of carbonyl (C=O) groups excluding carboxylic acids is 4. The average Bonchev–Trinajstić information content (AvgIpc) is 3.78. The Morgan fingerprint density at radius 1 is 0.984 bits per heavy atom. The van der Waals surface area contributed by atoms with Crippen molar-refractivity contribution in [3.05, 3.63) is 106 Å². The second-order valence-electron chi connectivity index (χ2n) is 17.4. The van der Waals surface area contributed by atoms with E-state index in [1.54, 1.807) is 4.68 Å². The first-order chi connectivity index (χ1) is 30.8. The van der Waals surface area contributed by atoms with E-state index in [1.807, 2.05) is 55.3 Å². The summed E-state index contributed by atoms with van der Waals surface area (Å²) in [6.07, 6.45) is 4.88. The molecule has 16 heteroatoms. The fraction of sp³-hybridized carbons (Fsp3) is 0.396. The van der Waals surface area contributed by atoms with Gasteiger partial charge in [0.1, 0.15) is 11.6 Å². The van der Waals surface area contributed by atoms with Gasteiger partial charge in [0, 0.05) is 85.7 Å². The highest BCUT2D eigenvalue weighted by molar-refractivity contribution is 6.34. The van der Waals surface area contributed by atoms with Crippen LogP contribution in [0.15, 0.2) is 66.7 Å². The molecule has 4 aliphatic rings. The molecular weight excluding hydrogens is 844 g/mol. The number of methoxy groups -OCH3 is 1. The van der Waals surface area contributed by atoms with Gasteiger partial charge in [-0.2, -0.15) is 5.10 Å². The van der Waals surface area contributed by atoms with Gasteiger partial charge in [-0.1, -0.05) is 54.9 Å². The van der Waals surface area contributed by atoms with Gasteiger partial charge in [0.25, 0.3) is 0 Å². The van der Waals surface area contributed by atoms with Crippen molar-refractivity contribution in [2.75, 3.05) is 38.2 Å². The molecule has 9 rings (SSSR count). The number of hydrogen-bond acceptors (Lipinski definition) is 8. The van der Waals surface area contributed by atoms with Crippen LogP contribution in [0.25, 0.3) is 22.0 Å². The van der Waals surface area contributed by atoms with Gasteiger partial charge in [0.2, 0.25) is 17.7 Å². The lowest BCUT2D eigenvalue weighted by Gasteiger charge is -2.38. The average molecular weight is 894 g/mol. The van der Waals surface area contributed by atoms with Crippen molar-refractivity contribution in [3.63, 3.8) is 0 Å². The molecule has 3 aliphatic heterocycles. The highest BCUT2D eigenvalue weighted by Gasteiger charge is 2.50. The van der Waals surface area contributed by atoms with E-state index in [0.717, 1.165) is 55.0 Å². The zero-order valence-corrected chi connectivity index (χ0v) is 36.6. The second kappa shape index (κ2) is 17.1. The van der Waals surface area contributed by atoms with Crippen LogP contribution in [0.5, 0.6) is 11.5 Å². The Bertz CT molecular complexity index is 2680. The van der Waals surface area contributed by atoms with Crippen molar-refractivity contribution in [1.82, 2.24) is 25.3 Å². The van der Waals surface area contributed by atoms with Crippen LogP contribution in [-0.4, -0.2) is 77.8 Å². The van der Waals surface area contributed by atoms with Crippen LogP contribution < -0.4 is 30.7 Å². The smallest absolute Gasteiger partial charge is 0.329 e. The molecule has 0 spiro atoms. The molecule has 1 aliphatic carbocycles. The van der Waals surface area contributed by atoms with Crippen molar-refractivity contribution in [2.45, 2.75) is 75.3 Å². The Balaban J connectivity index is 0.863. The molecule has 1 aromatic heterocycles. The predicted octanol–water partition coefficient (Wildman–Crippen LogP) is 7.67. The van der Waals surface area contributed by atoms with Crippen LogP contribution in [0.1, 0.15) is 90.8 Å². The normalized spacial score (nSPS) is 22.6. The highest BCUT2D eigenvalue weighted by atomic mass is 35.5. The minimum Gasteiger partial charge on any atom is -0.494 e. The zero-order chi connectivity index (χ0) is 45.0. The van der Waals surface area contributed by atoms with Crippen molar-refractivity contribution in [3.8, 4) is 22.6 Å². The van der Waals surface area contributed by atoms with Crippen LogP contribution in [0.3, 0.4) is 0 Å². The fourth-order valence-electron chi connectivity index (χ4n) is 10.4. The zero-order valence-electron chi connectivity index (χ0n) is 35.9. The van der Waals surface area contributed by atoms with E-state index in [2.05, 4.69) is 27.9 Å². The molecule has 4 aromatic carbocycles. The van der Waals surface area contributed by atoms with Gasteiger partial charge in [-0.25, -0.2) is 13.6 Å². The summed E-state index contributed by atoms with van der Waals surface area (Å²) in [4.78, 5) is 54.4. The first-order valence-corrected chi connectivity index (χ1v) is 22.2. The number of hydrogen-bond donors (Lipinski definition) is 3. The van der Waals surface area contributed by atoms with E-state index in [-0.39, 0.29) is 75.9 Å². The van der Waals surface area contributed by atoms with Crippen LogP contribution in [0.2, 0.25) is 5.02 Å². The number of nitrogens with two attached hydrogens (primary N) is 1. The summed E-state index contributed by atoms with van der Waals surface area (Å²) in [5.41, 5.74) is 7.55. The third-order valence-corrected chi connectivity index (χ3v) is 14.3. The van der Waals surface area contributed by atoms with Crippen LogP contribution in [-0.2, 0) is 22.2 Å². The lowest BCUT2D eigenvalue weighted by Crippen LogP contribution is -2.49. The van der Waals surface area contributed by atoms with Crippen molar-refractivity contribution in [1.29, 1.82) is 0 Å². The van der Waals surface area contributed by atoms with Gasteiger partial charge < -0.3 is 25.4 Å². The molecule has 2 unspecified atom stereocenters. The molecule has 0 radical (unpaired) electrons. The number of nitrogens with zero attached hydrogens (tertiary/aromatic N) is 4. The Morgan fingerprint density at radius 2 is 1.72 bits per heavy atom. The lowest BCUT2D eigenvalue weighted by atomic mass is 9.77. The number of amides is 5. The number of halogens is 3. The van der Waals surface area contributed by atoms with Gasteiger partial charge in [0.15, 0.2) is 23.0 Å². The van der Waals surface area contributed by atoms with Crippen LogP contribution in [0, 0.1) is 17.6 Å². The van der Waals surface area contributed by atoms with E-state index in [9.17, 15) is 19.2 Å². The number of aromatic nitrogens is 2. The molecule has 4 N–H and O–H groups in total. The summed E-state index contributed by atoms with van der Waals surface area (Å²) in [7, 11) is 3.14. The van der Waals surface area contributed by atoms with Gasteiger partial charge in [-0.15, -0.1) is 0 Å². The Morgan fingerprint density at radius 3 is 2.41 bits per heavy atom. The number of fused-ring (bicyclic) bond motifs is 2. The maximum atomic E-state index is 16.2. The number of primary amides is 1. The van der Waals surface area contributed by atoms with Crippen LogP contribution >= 0.6 is 11.6 Å². The van der Waals surface area contributed by atoms with Crippen molar-refractivity contribution in [2.24, 2.45) is 18.7 Å². The molecule has 4 heterocycles. The second-order valence-corrected chi connectivity index (χ2v) is 17.8. The molecule has 2 atom stereocenters. The minimum atomic E-state index is -1.08. The predicted molar refractivity (Wildman–Crippen MR) is 238 cm³/mol. The molecule has 0 bridgehead atoms. The lowest BCUT2D eigenvalue weighted by molar-refractivity contribution is -0.137. The molecule has 5 amide bonds. The number of nitrogens with one attached hydrogen (secondary N) is 2. The fourth-order valence-corrected chi connectivity index (χ4v) is 10.6. The molecule has 13 nitrogen and oxygen atoms in total. The number of carbonyl (C=O) groups is 4. The number of likely N-dealkylation sites (tertiary alicyclic amines) is 1. The van der Waals surface area contributed by atoms with Crippen molar-refractivity contribution < 1.29 is 37.4 Å². The van der Waals surface area contributed by atoms with Gasteiger partial charge >= 0.3 is 6.03 Å². The molecule has 334 valence electrons. The maximum Gasteiger partial charge on any atom is 0.329 e. The number of imide groups is 1. The molecule has 1 saturated carbocycles. The Labute approximate surface area is 374 Å². The quantitative estimate of drug-likeness (QED) is 0.129. The van der Waals surface area contributed by atoms with Gasteiger partial charge in [-0.05, 0) is 79.8 Å². The molecule has 5 aromatic rings. The highest BCUT2D eigenvalue weighted by Crippen LogP contribution is 2.56. The first kappa shape index (κ1) is 43.2. The summed E-state index contributed by atoms with van der Waals surface area (Å²) in [5, 5.41) is 11.2. The summed E-state index contributed by atoms with van der Waals surface area (Å²) in [6.45, 7) is 3.85. The monoisotopic (exact) mass is 893 g/mol. The van der Waals surface area contributed by atoms with E-state index in [4.69, 9.17) is 26.8 Å². The third kappa shape index (κ3) is 7.51. The van der Waals surface area contributed by atoms with Crippen LogP contribution in [0.4, 0.5) is 19.4 Å². The minimum absolute atomic E-state index is 0.0105. The number of urea groups is 1. The summed E-state index contributed by atoms with van der Waals surface area (Å²) < 4.78 is 45.8. The topological polar surface area (TPSA) is 161 Å². The Kier molecular flexibility index (Phi) is 11.6. The SMILES string of the molecule is COc1ccc(C(N)=O)c(-c2c(Cl)c(F)cc3c2C(C)C(CNC2CCC(C(=O)N4CCC(c5ccc6c(N7CCC(=O)NC7=O)nn(C)c6c5)CC4)CC2)(c2ccccc2)O3)c1F. The third-order valence-electron chi connectivity index (χ3n) is 13.9. The number of benzene rings is 4. The number of piperidine rings is 1. The summed E-state index contributed by atoms with van der Waals surface area (Å²) in [5.74, 6) is -2.51. The van der Waals surface area contributed by atoms with E-state index < -0.39 is 35.1 Å².